The molecule has 1 aromatic carbocycles. The van der Waals surface area contributed by atoms with Crippen molar-refractivity contribution in [3.05, 3.63) is 46.7 Å². The summed E-state index contributed by atoms with van der Waals surface area (Å²) in [5, 5.41) is 5.86. The Morgan fingerprint density at radius 3 is 2.77 bits per heavy atom. The number of carbonyl (C=O) groups excluding carboxylic acids is 1. The van der Waals surface area contributed by atoms with E-state index in [1.165, 1.54) is 12.4 Å². The number of anilines is 2. The zero-order chi connectivity index (χ0) is 15.8. The molecule has 1 heterocycles. The summed E-state index contributed by atoms with van der Waals surface area (Å²) in [4.78, 5) is 20.3. The molecule has 0 aliphatic rings. The largest absolute Gasteiger partial charge is 0.385 e. The number of hydrogen-bond donors (Lipinski definition) is 2. The lowest BCUT2D eigenvalue weighted by Crippen LogP contribution is -2.14. The van der Waals surface area contributed by atoms with Crippen molar-refractivity contribution in [1.29, 1.82) is 0 Å². The number of benzene rings is 1. The summed E-state index contributed by atoms with van der Waals surface area (Å²) in [6, 6.07) is 7.38. The van der Waals surface area contributed by atoms with Crippen LogP contribution < -0.4 is 10.6 Å². The van der Waals surface area contributed by atoms with Gasteiger partial charge in [0.15, 0.2) is 0 Å². The highest BCUT2D eigenvalue weighted by Gasteiger charge is 2.07. The molecule has 2 N–H and O–H groups in total. The van der Waals surface area contributed by atoms with Crippen LogP contribution in [0.4, 0.5) is 11.6 Å². The number of methoxy groups -OCH3 is 1. The Bertz CT molecular complexity index is 619. The number of rotatable bonds is 7. The second-order valence-corrected chi connectivity index (χ2v) is 5.45. The normalized spacial score (nSPS) is 10.3. The van der Waals surface area contributed by atoms with Crippen molar-refractivity contribution in [3.63, 3.8) is 0 Å². The first-order valence-electron chi connectivity index (χ1n) is 6.81. The van der Waals surface area contributed by atoms with Crippen LogP contribution >= 0.6 is 15.9 Å². The highest BCUT2D eigenvalue weighted by Crippen LogP contribution is 2.16. The van der Waals surface area contributed by atoms with Crippen LogP contribution in [0, 0.1) is 0 Å². The van der Waals surface area contributed by atoms with Gasteiger partial charge < -0.3 is 15.4 Å². The Labute approximate surface area is 137 Å². The van der Waals surface area contributed by atoms with Gasteiger partial charge in [-0.2, -0.15) is 0 Å². The number of carbonyl (C=O) groups is 1. The van der Waals surface area contributed by atoms with Crippen LogP contribution in [0.1, 0.15) is 16.8 Å². The fourth-order valence-electron chi connectivity index (χ4n) is 1.72. The van der Waals surface area contributed by atoms with Gasteiger partial charge in [-0.3, -0.25) is 4.79 Å². The predicted octanol–water partition coefficient (Wildman–Crippen LogP) is 2.94. The molecule has 22 heavy (non-hydrogen) atoms. The van der Waals surface area contributed by atoms with Gasteiger partial charge in [-0.25, -0.2) is 9.97 Å². The Morgan fingerprint density at radius 2 is 2.09 bits per heavy atom. The number of amides is 1. The minimum Gasteiger partial charge on any atom is -0.385 e. The van der Waals surface area contributed by atoms with Crippen molar-refractivity contribution in [2.75, 3.05) is 30.9 Å². The van der Waals surface area contributed by atoms with E-state index in [2.05, 4.69) is 36.5 Å². The summed E-state index contributed by atoms with van der Waals surface area (Å²) in [5.41, 5.74) is 1.11. The van der Waals surface area contributed by atoms with Crippen LogP contribution in [-0.2, 0) is 4.74 Å². The maximum atomic E-state index is 12.1. The third kappa shape index (κ3) is 5.09. The molecule has 0 atom stereocenters. The summed E-state index contributed by atoms with van der Waals surface area (Å²) < 4.78 is 5.86. The standard InChI is InChI=1S/C15H17BrN4O2/c1-22-7-3-6-17-15-18-9-11(10-19-15)14(21)20-13-5-2-4-12(16)8-13/h2,4-5,8-10H,3,6-7H2,1H3,(H,20,21)(H,17,18,19). The summed E-state index contributed by atoms with van der Waals surface area (Å²) in [5.74, 6) is 0.249. The molecule has 0 saturated carbocycles. The summed E-state index contributed by atoms with van der Waals surface area (Å²) in [7, 11) is 1.66. The van der Waals surface area contributed by atoms with Crippen LogP contribution in [-0.4, -0.2) is 36.1 Å². The van der Waals surface area contributed by atoms with Crippen molar-refractivity contribution < 1.29 is 9.53 Å². The average Bonchev–Trinajstić information content (AvgIpc) is 2.52. The molecule has 0 radical (unpaired) electrons. The molecule has 7 heteroatoms. The van der Waals surface area contributed by atoms with Crippen molar-refractivity contribution in [2.45, 2.75) is 6.42 Å². The number of halogens is 1. The third-order valence-corrected chi connectivity index (χ3v) is 3.30. The molecule has 2 aromatic rings. The number of aromatic nitrogens is 2. The topological polar surface area (TPSA) is 76.1 Å². The fourth-order valence-corrected chi connectivity index (χ4v) is 2.12. The Morgan fingerprint density at radius 1 is 1.32 bits per heavy atom. The van der Waals surface area contributed by atoms with Gasteiger partial charge in [0.1, 0.15) is 0 Å². The van der Waals surface area contributed by atoms with E-state index in [0.717, 1.165) is 17.4 Å². The summed E-state index contributed by atoms with van der Waals surface area (Å²) >= 11 is 3.36. The lowest BCUT2D eigenvalue weighted by Gasteiger charge is -2.07. The van der Waals surface area contributed by atoms with Gasteiger partial charge in [0.2, 0.25) is 5.95 Å². The SMILES string of the molecule is COCCCNc1ncc(C(=O)Nc2cccc(Br)c2)cn1. The number of nitrogens with one attached hydrogen (secondary N) is 2. The second-order valence-electron chi connectivity index (χ2n) is 4.53. The molecule has 1 aromatic heterocycles. The highest BCUT2D eigenvalue weighted by molar-refractivity contribution is 9.10. The predicted molar refractivity (Wildman–Crippen MR) is 89.1 cm³/mol. The quantitative estimate of drug-likeness (QED) is 0.738. The molecule has 6 nitrogen and oxygen atoms in total. The maximum absolute atomic E-state index is 12.1. The van der Waals surface area contributed by atoms with E-state index in [1.807, 2.05) is 24.3 Å². The minimum absolute atomic E-state index is 0.246. The molecule has 0 unspecified atom stereocenters. The Hall–Kier alpha value is -1.99. The molecular formula is C15H17BrN4O2. The van der Waals surface area contributed by atoms with E-state index in [1.54, 1.807) is 7.11 Å². The lowest BCUT2D eigenvalue weighted by molar-refractivity contribution is 0.102. The van der Waals surface area contributed by atoms with Gasteiger partial charge in [0.05, 0.1) is 5.56 Å². The molecule has 0 aliphatic heterocycles. The first-order valence-corrected chi connectivity index (χ1v) is 7.60. The van der Waals surface area contributed by atoms with Crippen LogP contribution in [0.2, 0.25) is 0 Å². The van der Waals surface area contributed by atoms with Gasteiger partial charge in [-0.1, -0.05) is 22.0 Å². The first kappa shape index (κ1) is 16.4. The van der Waals surface area contributed by atoms with E-state index >= 15 is 0 Å². The van der Waals surface area contributed by atoms with Gasteiger partial charge >= 0.3 is 0 Å². The number of hydrogen-bond acceptors (Lipinski definition) is 5. The monoisotopic (exact) mass is 364 g/mol. The van der Waals surface area contributed by atoms with Gasteiger partial charge in [-0.15, -0.1) is 0 Å². The Kier molecular flexibility index (Phi) is 6.29. The second kappa shape index (κ2) is 8.45. The molecule has 0 aliphatic carbocycles. The average molecular weight is 365 g/mol. The molecule has 0 bridgehead atoms. The van der Waals surface area contributed by atoms with Crippen LogP contribution in [0.3, 0.4) is 0 Å². The molecule has 1 amide bonds. The highest BCUT2D eigenvalue weighted by atomic mass is 79.9. The Balaban J connectivity index is 1.90. The number of ether oxygens (including phenoxy) is 1. The summed E-state index contributed by atoms with van der Waals surface area (Å²) in [6.45, 7) is 1.40. The van der Waals surface area contributed by atoms with E-state index in [9.17, 15) is 4.79 Å². The third-order valence-electron chi connectivity index (χ3n) is 2.80. The minimum atomic E-state index is -0.246. The molecule has 0 fully saturated rings. The van der Waals surface area contributed by atoms with E-state index < -0.39 is 0 Å². The number of nitrogens with zero attached hydrogens (tertiary/aromatic N) is 2. The van der Waals surface area contributed by atoms with Gasteiger partial charge in [0, 0.05) is 42.8 Å². The lowest BCUT2D eigenvalue weighted by atomic mass is 10.3. The van der Waals surface area contributed by atoms with Crippen molar-refractivity contribution in [2.24, 2.45) is 0 Å². The molecular weight excluding hydrogens is 348 g/mol. The van der Waals surface area contributed by atoms with Crippen molar-refractivity contribution in [3.8, 4) is 0 Å². The van der Waals surface area contributed by atoms with Crippen LogP contribution in [0.5, 0.6) is 0 Å². The van der Waals surface area contributed by atoms with Crippen LogP contribution in [0.25, 0.3) is 0 Å². The maximum Gasteiger partial charge on any atom is 0.258 e. The van der Waals surface area contributed by atoms with Crippen molar-refractivity contribution in [1.82, 2.24) is 9.97 Å². The van der Waals surface area contributed by atoms with Crippen molar-refractivity contribution >= 4 is 33.5 Å². The molecule has 0 spiro atoms. The van der Waals surface area contributed by atoms with E-state index in [0.29, 0.717) is 23.8 Å². The first-order chi connectivity index (χ1) is 10.7. The molecule has 2 rings (SSSR count). The van der Waals surface area contributed by atoms with Gasteiger partial charge in [-0.05, 0) is 24.6 Å². The van der Waals surface area contributed by atoms with E-state index in [4.69, 9.17) is 4.74 Å². The smallest absolute Gasteiger partial charge is 0.258 e. The zero-order valence-corrected chi connectivity index (χ0v) is 13.8. The summed E-state index contributed by atoms with van der Waals surface area (Å²) in [6.07, 6.45) is 3.86. The molecule has 0 saturated heterocycles. The molecule has 116 valence electrons. The zero-order valence-electron chi connectivity index (χ0n) is 12.2. The fraction of sp³-hybridized carbons (Fsp3) is 0.267. The van der Waals surface area contributed by atoms with Crippen LogP contribution in [0.15, 0.2) is 41.1 Å². The van der Waals surface area contributed by atoms with Gasteiger partial charge in [0.25, 0.3) is 5.91 Å². The van der Waals surface area contributed by atoms with E-state index in [-0.39, 0.29) is 5.91 Å².